The van der Waals surface area contributed by atoms with Crippen molar-refractivity contribution in [2.45, 2.75) is 32.3 Å². The molecule has 0 aliphatic carbocycles. The summed E-state index contributed by atoms with van der Waals surface area (Å²) in [5, 5.41) is 0. The van der Waals surface area contributed by atoms with Crippen molar-refractivity contribution in [2.24, 2.45) is 0 Å². The zero-order valence-corrected chi connectivity index (χ0v) is 14.5. The van der Waals surface area contributed by atoms with Crippen molar-refractivity contribution in [2.75, 3.05) is 0 Å². The zero-order chi connectivity index (χ0) is 17.3. The van der Waals surface area contributed by atoms with Gasteiger partial charge in [-0.05, 0) is 16.7 Å². The van der Waals surface area contributed by atoms with Crippen molar-refractivity contribution in [1.82, 2.24) is 0 Å². The zero-order valence-electron chi connectivity index (χ0n) is 14.5. The van der Waals surface area contributed by atoms with Crippen LogP contribution in [0.25, 0.3) is 0 Å². The van der Waals surface area contributed by atoms with E-state index in [1.165, 1.54) is 5.56 Å². The molecule has 128 valence electrons. The second-order valence-corrected chi connectivity index (χ2v) is 6.16. The summed E-state index contributed by atoms with van der Waals surface area (Å²) in [4.78, 5) is 0. The maximum Gasteiger partial charge on any atom is 0.164 e. The summed E-state index contributed by atoms with van der Waals surface area (Å²) in [6.45, 7) is 3.23. The Morgan fingerprint density at radius 3 is 1.44 bits per heavy atom. The average molecular weight is 332 g/mol. The molecule has 0 aliphatic rings. The van der Waals surface area contributed by atoms with Crippen LogP contribution in [0.15, 0.2) is 91.0 Å². The first-order valence-corrected chi connectivity index (χ1v) is 8.69. The normalized spacial score (nSPS) is 12.2. The van der Waals surface area contributed by atoms with Gasteiger partial charge in [0.05, 0.1) is 13.2 Å². The van der Waals surface area contributed by atoms with E-state index in [0.29, 0.717) is 13.2 Å². The molecule has 0 aliphatic heterocycles. The maximum atomic E-state index is 6.14. The minimum atomic E-state index is -0.303. The van der Waals surface area contributed by atoms with Gasteiger partial charge in [-0.1, -0.05) is 97.9 Å². The second kappa shape index (κ2) is 9.16. The standard InChI is InChI=1S/C23H24O2/c1-19(22-15-9-4-10-16-22)23(24-17-20-11-5-2-6-12-20)25-18-21-13-7-3-8-14-21/h2-16,19,23H,17-18H2,1H3. The molecule has 0 amide bonds. The Hall–Kier alpha value is -2.42. The summed E-state index contributed by atoms with van der Waals surface area (Å²) < 4.78 is 12.3. The molecule has 0 fully saturated rings. The Labute approximate surface area is 150 Å². The summed E-state index contributed by atoms with van der Waals surface area (Å²) in [5.74, 6) is 0.147. The molecule has 3 rings (SSSR count). The van der Waals surface area contributed by atoms with Crippen LogP contribution >= 0.6 is 0 Å². The van der Waals surface area contributed by atoms with Gasteiger partial charge in [-0.15, -0.1) is 0 Å². The van der Waals surface area contributed by atoms with Crippen molar-refractivity contribution in [3.05, 3.63) is 108 Å². The van der Waals surface area contributed by atoms with E-state index >= 15 is 0 Å². The molecule has 3 aromatic carbocycles. The van der Waals surface area contributed by atoms with Gasteiger partial charge in [0, 0.05) is 5.92 Å². The van der Waals surface area contributed by atoms with Crippen LogP contribution in [0.2, 0.25) is 0 Å². The number of hydrogen-bond acceptors (Lipinski definition) is 2. The lowest BCUT2D eigenvalue weighted by Crippen LogP contribution is -2.24. The molecule has 0 spiro atoms. The Bertz CT molecular complexity index is 682. The van der Waals surface area contributed by atoms with E-state index in [0.717, 1.165) is 11.1 Å². The molecule has 2 nitrogen and oxygen atoms in total. The Morgan fingerprint density at radius 2 is 1.00 bits per heavy atom. The van der Waals surface area contributed by atoms with Gasteiger partial charge in [0.15, 0.2) is 6.29 Å². The maximum absolute atomic E-state index is 6.14. The molecule has 0 saturated heterocycles. The van der Waals surface area contributed by atoms with Crippen LogP contribution in [0.3, 0.4) is 0 Å². The summed E-state index contributed by atoms with van der Waals surface area (Å²) in [6, 6.07) is 30.8. The third-order valence-corrected chi connectivity index (χ3v) is 4.25. The lowest BCUT2D eigenvalue weighted by Gasteiger charge is -2.25. The Kier molecular flexibility index (Phi) is 6.38. The number of ether oxygens (including phenoxy) is 2. The third kappa shape index (κ3) is 5.28. The molecule has 1 unspecified atom stereocenters. The fraction of sp³-hybridized carbons (Fsp3) is 0.217. The fourth-order valence-corrected chi connectivity index (χ4v) is 2.76. The summed E-state index contributed by atoms with van der Waals surface area (Å²) in [7, 11) is 0. The highest BCUT2D eigenvalue weighted by Crippen LogP contribution is 2.24. The van der Waals surface area contributed by atoms with Gasteiger partial charge in [-0.2, -0.15) is 0 Å². The number of rotatable bonds is 8. The van der Waals surface area contributed by atoms with Crippen LogP contribution in [0.4, 0.5) is 0 Å². The van der Waals surface area contributed by atoms with E-state index in [1.807, 2.05) is 42.5 Å². The monoisotopic (exact) mass is 332 g/mol. The molecule has 1 atom stereocenters. The van der Waals surface area contributed by atoms with E-state index in [9.17, 15) is 0 Å². The van der Waals surface area contributed by atoms with Gasteiger partial charge >= 0.3 is 0 Å². The van der Waals surface area contributed by atoms with Crippen LogP contribution < -0.4 is 0 Å². The second-order valence-electron chi connectivity index (χ2n) is 6.16. The first-order chi connectivity index (χ1) is 12.3. The highest BCUT2D eigenvalue weighted by Gasteiger charge is 2.20. The predicted octanol–water partition coefficient (Wildman–Crippen LogP) is 5.55. The molecule has 3 aromatic rings. The van der Waals surface area contributed by atoms with Crippen molar-refractivity contribution < 1.29 is 9.47 Å². The van der Waals surface area contributed by atoms with E-state index in [-0.39, 0.29) is 12.2 Å². The SMILES string of the molecule is CC(c1ccccc1)C(OCc1ccccc1)OCc1ccccc1. The van der Waals surface area contributed by atoms with Crippen LogP contribution in [0, 0.1) is 0 Å². The molecule has 0 N–H and O–H groups in total. The smallest absolute Gasteiger partial charge is 0.164 e. The van der Waals surface area contributed by atoms with E-state index in [4.69, 9.17) is 9.47 Å². The van der Waals surface area contributed by atoms with Crippen LogP contribution in [0.5, 0.6) is 0 Å². The van der Waals surface area contributed by atoms with Gasteiger partial charge in [0.1, 0.15) is 0 Å². The molecule has 25 heavy (non-hydrogen) atoms. The highest BCUT2D eigenvalue weighted by molar-refractivity contribution is 5.20. The largest absolute Gasteiger partial charge is 0.347 e. The van der Waals surface area contributed by atoms with Crippen molar-refractivity contribution >= 4 is 0 Å². The molecule has 0 radical (unpaired) electrons. The van der Waals surface area contributed by atoms with E-state index in [2.05, 4.69) is 55.5 Å². The molecule has 0 bridgehead atoms. The lowest BCUT2D eigenvalue weighted by molar-refractivity contribution is -0.167. The van der Waals surface area contributed by atoms with Crippen molar-refractivity contribution in [3.63, 3.8) is 0 Å². The summed E-state index contributed by atoms with van der Waals surface area (Å²) in [5.41, 5.74) is 3.51. The van der Waals surface area contributed by atoms with E-state index in [1.54, 1.807) is 0 Å². The minimum absolute atomic E-state index is 0.147. The molecular weight excluding hydrogens is 308 g/mol. The first kappa shape index (κ1) is 17.4. The molecule has 2 heteroatoms. The van der Waals surface area contributed by atoms with E-state index < -0.39 is 0 Å². The minimum Gasteiger partial charge on any atom is -0.347 e. The van der Waals surface area contributed by atoms with Crippen molar-refractivity contribution in [1.29, 1.82) is 0 Å². The van der Waals surface area contributed by atoms with Gasteiger partial charge in [0.2, 0.25) is 0 Å². The third-order valence-electron chi connectivity index (χ3n) is 4.25. The predicted molar refractivity (Wildman–Crippen MR) is 101 cm³/mol. The lowest BCUT2D eigenvalue weighted by atomic mass is 10.0. The molecule has 0 heterocycles. The highest BCUT2D eigenvalue weighted by atomic mass is 16.7. The first-order valence-electron chi connectivity index (χ1n) is 8.69. The molecule has 0 saturated carbocycles. The summed E-state index contributed by atoms with van der Waals surface area (Å²) >= 11 is 0. The van der Waals surface area contributed by atoms with Crippen LogP contribution in [-0.4, -0.2) is 6.29 Å². The fourth-order valence-electron chi connectivity index (χ4n) is 2.76. The van der Waals surface area contributed by atoms with Crippen LogP contribution in [0.1, 0.15) is 29.5 Å². The van der Waals surface area contributed by atoms with Crippen molar-refractivity contribution in [3.8, 4) is 0 Å². The quantitative estimate of drug-likeness (QED) is 0.504. The topological polar surface area (TPSA) is 18.5 Å². The number of hydrogen-bond donors (Lipinski definition) is 0. The Morgan fingerprint density at radius 1 is 0.600 bits per heavy atom. The van der Waals surface area contributed by atoms with Gasteiger partial charge in [-0.3, -0.25) is 0 Å². The molecular formula is C23H24O2. The Balaban J connectivity index is 1.68. The van der Waals surface area contributed by atoms with Gasteiger partial charge in [0.25, 0.3) is 0 Å². The van der Waals surface area contributed by atoms with Gasteiger partial charge in [-0.25, -0.2) is 0 Å². The summed E-state index contributed by atoms with van der Waals surface area (Å²) in [6.07, 6.45) is -0.303. The number of benzene rings is 3. The van der Waals surface area contributed by atoms with Crippen LogP contribution in [-0.2, 0) is 22.7 Å². The average Bonchev–Trinajstić information content (AvgIpc) is 2.70. The van der Waals surface area contributed by atoms with Gasteiger partial charge < -0.3 is 9.47 Å². The molecule has 0 aromatic heterocycles.